The summed E-state index contributed by atoms with van der Waals surface area (Å²) >= 11 is 0. The summed E-state index contributed by atoms with van der Waals surface area (Å²) in [5.41, 5.74) is 5.04. The van der Waals surface area contributed by atoms with Gasteiger partial charge < -0.3 is 19.4 Å². The predicted octanol–water partition coefficient (Wildman–Crippen LogP) is 4.61. The van der Waals surface area contributed by atoms with Crippen LogP contribution in [0.1, 0.15) is 48.9 Å². The van der Waals surface area contributed by atoms with Gasteiger partial charge in [0, 0.05) is 55.8 Å². The van der Waals surface area contributed by atoms with Gasteiger partial charge in [0.15, 0.2) is 5.82 Å². The van der Waals surface area contributed by atoms with Crippen molar-refractivity contribution in [2.24, 2.45) is 18.4 Å². The van der Waals surface area contributed by atoms with Crippen molar-refractivity contribution in [1.29, 1.82) is 0 Å². The molecular formula is C29H34N6O. The van der Waals surface area contributed by atoms with Gasteiger partial charge in [-0.3, -0.25) is 4.79 Å². The molecule has 1 aromatic carbocycles. The predicted molar refractivity (Wildman–Crippen MR) is 142 cm³/mol. The van der Waals surface area contributed by atoms with E-state index in [1.807, 2.05) is 24.4 Å². The minimum atomic E-state index is 0.140. The third-order valence-corrected chi connectivity index (χ3v) is 8.66. The van der Waals surface area contributed by atoms with E-state index >= 15 is 0 Å². The average Bonchev–Trinajstić information content (AvgIpc) is 3.58. The van der Waals surface area contributed by atoms with Crippen LogP contribution in [0.5, 0.6) is 0 Å². The van der Waals surface area contributed by atoms with E-state index in [0.717, 1.165) is 84.2 Å². The average molecular weight is 483 g/mol. The molecule has 3 fully saturated rings. The molecule has 3 aliphatic rings. The monoisotopic (exact) mass is 482 g/mol. The summed E-state index contributed by atoms with van der Waals surface area (Å²) in [5, 5.41) is 4.71. The van der Waals surface area contributed by atoms with Gasteiger partial charge in [-0.25, -0.2) is 9.97 Å². The van der Waals surface area contributed by atoms with Crippen LogP contribution in [0.25, 0.3) is 33.6 Å². The summed E-state index contributed by atoms with van der Waals surface area (Å²) in [7, 11) is 2.07. The van der Waals surface area contributed by atoms with E-state index in [4.69, 9.17) is 4.98 Å². The van der Waals surface area contributed by atoms with E-state index in [9.17, 15) is 4.79 Å². The summed E-state index contributed by atoms with van der Waals surface area (Å²) < 4.78 is 4.50. The van der Waals surface area contributed by atoms with E-state index in [2.05, 4.69) is 49.6 Å². The molecule has 1 aliphatic carbocycles. The zero-order valence-corrected chi connectivity index (χ0v) is 21.0. The fraction of sp³-hybridized carbons (Fsp3) is 0.483. The number of hydrogen-bond acceptors (Lipinski definition) is 4. The van der Waals surface area contributed by atoms with Crippen molar-refractivity contribution in [2.75, 3.05) is 26.2 Å². The number of nitrogens with one attached hydrogen (secondary N) is 1. The molecule has 0 radical (unpaired) electrons. The molecule has 1 unspecified atom stereocenters. The summed E-state index contributed by atoms with van der Waals surface area (Å²) in [4.78, 5) is 25.4. The number of carbonyl (C=O) groups is 1. The van der Waals surface area contributed by atoms with E-state index in [-0.39, 0.29) is 11.3 Å². The first kappa shape index (κ1) is 22.0. The molecular weight excluding hydrogens is 448 g/mol. The molecule has 1 amide bonds. The van der Waals surface area contributed by atoms with Crippen molar-refractivity contribution < 1.29 is 4.79 Å². The number of piperidine rings is 2. The first-order chi connectivity index (χ1) is 17.6. The van der Waals surface area contributed by atoms with Crippen LogP contribution in [-0.4, -0.2) is 56.1 Å². The normalized spacial score (nSPS) is 22.6. The Labute approximate surface area is 211 Å². The van der Waals surface area contributed by atoms with E-state index in [1.165, 1.54) is 32.1 Å². The molecule has 7 nitrogen and oxygen atoms in total. The van der Waals surface area contributed by atoms with Gasteiger partial charge in [-0.2, -0.15) is 0 Å². The Morgan fingerprint density at radius 1 is 1.17 bits per heavy atom. The molecule has 186 valence electrons. The lowest BCUT2D eigenvalue weighted by molar-refractivity contribution is 0.0434. The minimum Gasteiger partial charge on any atom is -0.338 e. The first-order valence-electron chi connectivity index (χ1n) is 13.5. The third kappa shape index (κ3) is 3.72. The highest BCUT2D eigenvalue weighted by Crippen LogP contribution is 2.37. The molecule has 2 aliphatic heterocycles. The lowest BCUT2D eigenvalue weighted by Gasteiger charge is -2.45. The fourth-order valence-electron chi connectivity index (χ4n) is 6.52. The molecule has 1 saturated carbocycles. The number of nitrogens with zero attached hydrogens (tertiary/aromatic N) is 5. The molecule has 7 rings (SSSR count). The second-order valence-electron chi connectivity index (χ2n) is 11.3. The van der Waals surface area contributed by atoms with Crippen molar-refractivity contribution >= 4 is 28.0 Å². The van der Waals surface area contributed by atoms with Crippen LogP contribution in [0.4, 0.5) is 0 Å². The van der Waals surface area contributed by atoms with E-state index in [0.29, 0.717) is 0 Å². The maximum atomic E-state index is 13.6. The van der Waals surface area contributed by atoms with Crippen LogP contribution in [0.2, 0.25) is 0 Å². The minimum absolute atomic E-state index is 0.140. The van der Waals surface area contributed by atoms with Crippen LogP contribution in [0.15, 0.2) is 42.6 Å². The van der Waals surface area contributed by atoms with E-state index < -0.39 is 0 Å². The Morgan fingerprint density at radius 3 is 2.89 bits per heavy atom. The smallest absolute Gasteiger partial charge is 0.253 e. The first-order valence-corrected chi connectivity index (χ1v) is 13.5. The number of amides is 1. The maximum Gasteiger partial charge on any atom is 0.253 e. The number of aromatic nitrogens is 4. The number of benzene rings is 1. The topological polar surface area (TPSA) is 68.0 Å². The Balaban J connectivity index is 1.23. The van der Waals surface area contributed by atoms with Gasteiger partial charge in [-0.05, 0) is 87.4 Å². The summed E-state index contributed by atoms with van der Waals surface area (Å²) in [5.74, 6) is 1.80. The van der Waals surface area contributed by atoms with Crippen molar-refractivity contribution in [1.82, 2.24) is 29.3 Å². The maximum absolute atomic E-state index is 13.6. The highest BCUT2D eigenvalue weighted by Gasteiger charge is 2.38. The van der Waals surface area contributed by atoms with Crippen molar-refractivity contribution in [3.8, 4) is 11.5 Å². The number of aryl methyl sites for hydroxylation is 1. The number of rotatable bonds is 4. The molecule has 4 aromatic rings. The second kappa shape index (κ2) is 8.44. The van der Waals surface area contributed by atoms with Crippen LogP contribution in [0, 0.1) is 11.3 Å². The fourth-order valence-corrected chi connectivity index (χ4v) is 6.52. The van der Waals surface area contributed by atoms with Gasteiger partial charge in [0.1, 0.15) is 5.65 Å². The molecule has 1 spiro atoms. The SMILES string of the molecule is Cn1c(-c2cc3cccnc3n2CC2CC2)nc2cc(C(=O)N3CCCC4(CCCNC4)C3)ccc21. The Kier molecular flexibility index (Phi) is 5.17. The highest BCUT2D eigenvalue weighted by atomic mass is 16.2. The Bertz CT molecular complexity index is 1450. The number of likely N-dealkylation sites (tertiary alicyclic amines) is 1. The molecule has 1 N–H and O–H groups in total. The van der Waals surface area contributed by atoms with E-state index in [1.54, 1.807) is 0 Å². The van der Waals surface area contributed by atoms with Crippen LogP contribution in [0.3, 0.4) is 0 Å². The largest absolute Gasteiger partial charge is 0.338 e. The molecule has 0 bridgehead atoms. The van der Waals surface area contributed by atoms with Gasteiger partial charge >= 0.3 is 0 Å². The van der Waals surface area contributed by atoms with Crippen LogP contribution in [-0.2, 0) is 13.6 Å². The summed E-state index contributed by atoms with van der Waals surface area (Å²) in [6.07, 6.45) is 9.17. The standard InChI is InChI=1S/C29H34N6O/c1-33-24-9-8-22(28(36)34-14-4-11-29(19-34)10-3-12-30-18-29)15-23(24)32-27(33)25-16-21-5-2-13-31-26(21)35(25)17-20-6-7-20/h2,5,8-9,13,15-16,20,30H,3-4,6-7,10-12,14,17-19H2,1H3. The molecule has 3 aromatic heterocycles. The van der Waals surface area contributed by atoms with Crippen LogP contribution < -0.4 is 5.32 Å². The van der Waals surface area contributed by atoms with Gasteiger partial charge in [0.25, 0.3) is 5.91 Å². The highest BCUT2D eigenvalue weighted by molar-refractivity contribution is 5.98. The number of imidazole rings is 1. The number of hydrogen-bond donors (Lipinski definition) is 1. The number of fused-ring (bicyclic) bond motifs is 2. The zero-order valence-electron chi connectivity index (χ0n) is 21.0. The number of carbonyl (C=O) groups excluding carboxylic acids is 1. The quantitative estimate of drug-likeness (QED) is 0.461. The van der Waals surface area contributed by atoms with Crippen molar-refractivity contribution in [3.63, 3.8) is 0 Å². The lowest BCUT2D eigenvalue weighted by atomic mass is 9.74. The zero-order chi connectivity index (χ0) is 24.3. The number of pyridine rings is 1. The van der Waals surface area contributed by atoms with Crippen molar-refractivity contribution in [2.45, 2.75) is 45.1 Å². The third-order valence-electron chi connectivity index (χ3n) is 8.66. The molecule has 36 heavy (non-hydrogen) atoms. The Hall–Kier alpha value is -3.19. The Morgan fingerprint density at radius 2 is 2.06 bits per heavy atom. The molecule has 5 heterocycles. The van der Waals surface area contributed by atoms with Crippen molar-refractivity contribution in [3.05, 3.63) is 48.2 Å². The summed E-state index contributed by atoms with van der Waals surface area (Å²) in [6, 6.07) is 12.4. The van der Waals surface area contributed by atoms with Gasteiger partial charge in [0.05, 0.1) is 16.7 Å². The lowest BCUT2D eigenvalue weighted by Crippen LogP contribution is -2.52. The molecule has 2 saturated heterocycles. The summed E-state index contributed by atoms with van der Waals surface area (Å²) in [6.45, 7) is 4.82. The van der Waals surface area contributed by atoms with Gasteiger partial charge in [0.2, 0.25) is 0 Å². The van der Waals surface area contributed by atoms with Gasteiger partial charge in [-0.15, -0.1) is 0 Å². The molecule has 1 atom stereocenters. The van der Waals surface area contributed by atoms with Crippen LogP contribution >= 0.6 is 0 Å². The second-order valence-corrected chi connectivity index (χ2v) is 11.3. The van der Waals surface area contributed by atoms with Gasteiger partial charge in [-0.1, -0.05) is 0 Å². The molecule has 7 heteroatoms.